The number of allylic oxidation sites excluding steroid dienone is 8. The van der Waals surface area contributed by atoms with Crippen LogP contribution in [0.5, 0.6) is 0 Å². The maximum atomic E-state index is 2.66. The van der Waals surface area contributed by atoms with Crippen LogP contribution in [0.1, 0.15) is 27.7 Å². The van der Waals surface area contributed by atoms with Crippen LogP contribution in [0.15, 0.2) is 71.4 Å². The van der Waals surface area contributed by atoms with Gasteiger partial charge in [-0.15, -0.1) is 0 Å². The summed E-state index contributed by atoms with van der Waals surface area (Å²) in [6, 6.07) is 9.12. The van der Waals surface area contributed by atoms with Crippen LogP contribution in [-0.4, -0.2) is 0 Å². The fraction of sp³-hybridized carbons (Fsp3) is 0.143. The van der Waals surface area contributed by atoms with E-state index in [0.717, 1.165) is 0 Å². The third kappa shape index (κ3) is 1.78. The molecular formula is C28H24CuN4. The topological polar surface area (TPSA) is 13.0 Å². The average molecular weight is 480 g/mol. The van der Waals surface area contributed by atoms with Crippen molar-refractivity contribution >= 4 is 47.1 Å². The number of hydrogen-bond donors (Lipinski definition) is 0. The van der Waals surface area contributed by atoms with Gasteiger partial charge in [-0.3, -0.25) is 0 Å². The Hall–Kier alpha value is -3.40. The molecule has 0 bridgehead atoms. The Morgan fingerprint density at radius 1 is 0.394 bits per heavy atom. The first-order valence-electron chi connectivity index (χ1n) is 11.3. The number of anilines is 4. The third-order valence-corrected chi connectivity index (χ3v) is 11.4. The molecule has 6 heterocycles. The fourth-order valence-corrected chi connectivity index (χ4v) is 10.8. The van der Waals surface area contributed by atoms with Gasteiger partial charge in [-0.25, -0.2) is 0 Å². The van der Waals surface area contributed by atoms with E-state index in [4.69, 9.17) is 0 Å². The van der Waals surface area contributed by atoms with Crippen molar-refractivity contribution in [3.05, 3.63) is 92.2 Å². The monoisotopic (exact) mass is 479 g/mol. The average Bonchev–Trinajstić information content (AvgIpc) is 3.31. The van der Waals surface area contributed by atoms with Gasteiger partial charge in [0, 0.05) is 0 Å². The van der Waals surface area contributed by atoms with E-state index >= 15 is 0 Å². The molecule has 1 spiro atoms. The molecule has 0 aromatic heterocycles. The molecule has 0 unspecified atom stereocenters. The summed E-state index contributed by atoms with van der Waals surface area (Å²) in [6.07, 6.45) is 18.3. The molecule has 0 saturated heterocycles. The SMILES string of the molecule is CC1=CC=c2ccc3c4c2[N]1[Cu]1([N]4C(C)=CC=3)[N]2C(C)=CC=c3ccc4c(c32)[N]1C(C)=CC=4. The van der Waals surface area contributed by atoms with Crippen LogP contribution in [0.4, 0.5) is 22.7 Å². The van der Waals surface area contributed by atoms with E-state index in [-0.39, 0.29) is 0 Å². The Balaban J connectivity index is 1.61. The van der Waals surface area contributed by atoms with E-state index in [0.29, 0.717) is 0 Å². The van der Waals surface area contributed by atoms with Gasteiger partial charge in [0.05, 0.1) is 0 Å². The summed E-state index contributed by atoms with van der Waals surface area (Å²) in [6.45, 7) is 9.07. The van der Waals surface area contributed by atoms with Crippen molar-refractivity contribution in [2.75, 3.05) is 15.7 Å². The number of benzene rings is 2. The maximum absolute atomic E-state index is 2.66. The summed E-state index contributed by atoms with van der Waals surface area (Å²) >= 11 is -1.83. The Bertz CT molecular complexity index is 1480. The summed E-state index contributed by atoms with van der Waals surface area (Å²) < 4.78 is 10.6. The van der Waals surface area contributed by atoms with Crippen molar-refractivity contribution in [3.63, 3.8) is 0 Å². The Labute approximate surface area is 196 Å². The number of rotatable bonds is 0. The van der Waals surface area contributed by atoms with Crippen LogP contribution < -0.4 is 36.5 Å². The van der Waals surface area contributed by atoms with Crippen molar-refractivity contribution in [3.8, 4) is 0 Å². The molecule has 8 rings (SSSR count). The Kier molecular flexibility index (Phi) is 3.04. The fourth-order valence-electron chi connectivity index (χ4n) is 5.59. The molecule has 0 aliphatic carbocycles. The van der Waals surface area contributed by atoms with E-state index in [1.807, 2.05) is 0 Å². The van der Waals surface area contributed by atoms with Crippen LogP contribution in [0.3, 0.4) is 0 Å². The first kappa shape index (κ1) is 18.1. The Morgan fingerprint density at radius 3 is 0.879 bits per heavy atom. The van der Waals surface area contributed by atoms with Crippen LogP contribution in [0.25, 0.3) is 24.3 Å². The van der Waals surface area contributed by atoms with Crippen molar-refractivity contribution in [2.45, 2.75) is 27.7 Å². The summed E-state index contributed by atoms with van der Waals surface area (Å²) in [7, 11) is 0. The molecule has 4 nitrogen and oxygen atoms in total. The van der Waals surface area contributed by atoms with Crippen molar-refractivity contribution in [2.24, 2.45) is 0 Å². The zero-order chi connectivity index (χ0) is 22.2. The van der Waals surface area contributed by atoms with Crippen LogP contribution >= 0.6 is 0 Å². The second-order valence-corrected chi connectivity index (χ2v) is 11.9. The molecule has 0 saturated carbocycles. The molecule has 6 aliphatic rings. The molecule has 6 aliphatic heterocycles. The van der Waals surface area contributed by atoms with E-state index < -0.39 is 13.7 Å². The van der Waals surface area contributed by atoms with Crippen LogP contribution in [-0.2, 0) is 13.7 Å². The van der Waals surface area contributed by atoms with Crippen LogP contribution in [0, 0.1) is 0 Å². The summed E-state index contributed by atoms with van der Waals surface area (Å²) in [4.78, 5) is 0. The van der Waals surface area contributed by atoms with Gasteiger partial charge in [-0.2, -0.15) is 0 Å². The summed E-state index contributed by atoms with van der Waals surface area (Å²) in [5.41, 5.74) is 10.5. The van der Waals surface area contributed by atoms with E-state index in [9.17, 15) is 0 Å². The molecule has 0 atom stereocenters. The second-order valence-electron chi connectivity index (χ2n) is 9.13. The van der Waals surface area contributed by atoms with Gasteiger partial charge in [0.15, 0.2) is 0 Å². The van der Waals surface area contributed by atoms with Crippen molar-refractivity contribution < 1.29 is 13.7 Å². The minimum absolute atomic E-state index is 1.28. The van der Waals surface area contributed by atoms with Gasteiger partial charge in [0.2, 0.25) is 0 Å². The van der Waals surface area contributed by atoms with Gasteiger partial charge in [-0.05, 0) is 0 Å². The standard InChI is InChI=1S/2C14H12N2.Cu/c2*1-9-3-5-11-7-8-12-6-4-10(2)16-14(12)13(11)15-9;/h2*3-8H,1-2H3;/q2*-2;+4. The molecule has 33 heavy (non-hydrogen) atoms. The molecule has 167 valence electrons. The zero-order valence-electron chi connectivity index (χ0n) is 19.0. The normalized spacial score (nSPS) is 22.2. The molecule has 2 aromatic rings. The van der Waals surface area contributed by atoms with Gasteiger partial charge >= 0.3 is 196 Å². The van der Waals surface area contributed by atoms with E-state index in [1.165, 1.54) is 66.4 Å². The van der Waals surface area contributed by atoms with Gasteiger partial charge in [-0.1, -0.05) is 0 Å². The van der Waals surface area contributed by atoms with E-state index in [1.54, 1.807) is 0 Å². The molecular weight excluding hydrogens is 456 g/mol. The minimum atomic E-state index is -1.83. The quantitative estimate of drug-likeness (QED) is 0.538. The summed E-state index contributed by atoms with van der Waals surface area (Å²) in [5, 5.41) is 5.17. The predicted molar refractivity (Wildman–Crippen MR) is 134 cm³/mol. The van der Waals surface area contributed by atoms with Gasteiger partial charge in [0.25, 0.3) is 0 Å². The third-order valence-electron chi connectivity index (χ3n) is 7.01. The number of fused-ring (bicyclic) bond motifs is 4. The van der Waals surface area contributed by atoms with Gasteiger partial charge < -0.3 is 0 Å². The second kappa shape index (κ2) is 5.56. The molecule has 0 fully saturated rings. The first-order chi connectivity index (χ1) is 16.0. The molecule has 0 amide bonds. The van der Waals surface area contributed by atoms with Gasteiger partial charge in [0.1, 0.15) is 0 Å². The van der Waals surface area contributed by atoms with Crippen LogP contribution in [0.2, 0.25) is 0 Å². The molecule has 2 aromatic carbocycles. The first-order valence-corrected chi connectivity index (χ1v) is 13.0. The van der Waals surface area contributed by atoms with E-state index in [2.05, 4.69) is 116 Å². The van der Waals surface area contributed by atoms with Crippen molar-refractivity contribution in [1.82, 2.24) is 0 Å². The Morgan fingerprint density at radius 2 is 0.636 bits per heavy atom. The number of nitrogens with zero attached hydrogens (tertiary/aromatic N) is 4. The van der Waals surface area contributed by atoms with Crippen molar-refractivity contribution in [1.29, 1.82) is 0 Å². The molecule has 0 radical (unpaired) electrons. The summed E-state index contributed by atoms with van der Waals surface area (Å²) in [5.74, 6) is 0. The molecule has 5 heteroatoms. The number of hydrogen-bond acceptors (Lipinski definition) is 4. The zero-order valence-corrected chi connectivity index (χ0v) is 20.0. The molecule has 0 N–H and O–H groups in total. The predicted octanol–water partition coefficient (Wildman–Crippen LogP) is 3.25.